The number of nitrogens with zero attached hydrogens (tertiary/aromatic N) is 2. The summed E-state index contributed by atoms with van der Waals surface area (Å²) in [4.78, 5) is 48.2. The third-order valence-corrected chi connectivity index (χ3v) is 3.60. The van der Waals surface area contributed by atoms with E-state index in [4.69, 9.17) is 10.8 Å². The minimum absolute atomic E-state index is 0.114. The van der Waals surface area contributed by atoms with Crippen molar-refractivity contribution in [2.24, 2.45) is 5.73 Å². The van der Waals surface area contributed by atoms with Crippen LogP contribution in [0.4, 0.5) is 4.79 Å². The summed E-state index contributed by atoms with van der Waals surface area (Å²) in [6.45, 7) is 0.515. The minimum atomic E-state index is -1.02. The molecule has 0 radical (unpaired) electrons. The third-order valence-electron chi connectivity index (χ3n) is 3.60. The first-order valence-corrected chi connectivity index (χ1v) is 7.28. The summed E-state index contributed by atoms with van der Waals surface area (Å²) in [5.74, 6) is -1.94. The van der Waals surface area contributed by atoms with Gasteiger partial charge in [-0.1, -0.05) is 12.1 Å². The van der Waals surface area contributed by atoms with E-state index in [-0.39, 0.29) is 37.6 Å². The lowest BCUT2D eigenvalue weighted by Crippen LogP contribution is -2.55. The molecule has 0 aliphatic carbocycles. The van der Waals surface area contributed by atoms with Crippen molar-refractivity contribution in [2.75, 3.05) is 26.2 Å². The van der Waals surface area contributed by atoms with Gasteiger partial charge in [0.05, 0.1) is 12.1 Å². The van der Waals surface area contributed by atoms with Crippen LogP contribution in [0.2, 0.25) is 0 Å². The lowest BCUT2D eigenvalue weighted by Gasteiger charge is -2.33. The highest BCUT2D eigenvalue weighted by Crippen LogP contribution is 2.06. The van der Waals surface area contributed by atoms with E-state index in [1.54, 1.807) is 12.1 Å². The molecule has 1 saturated heterocycles. The van der Waals surface area contributed by atoms with Crippen LogP contribution in [0.15, 0.2) is 24.3 Å². The maximum absolute atomic E-state index is 12.1. The number of hydrogen-bond acceptors (Lipinski definition) is 4. The first-order chi connectivity index (χ1) is 11.4. The Morgan fingerprint density at radius 1 is 1.17 bits per heavy atom. The predicted molar refractivity (Wildman–Crippen MR) is 83.0 cm³/mol. The highest BCUT2D eigenvalue weighted by molar-refractivity contribution is 5.89. The average Bonchev–Trinajstić information content (AvgIpc) is 2.54. The number of carboxylic acid groups (broad SMARTS) is 1. The summed E-state index contributed by atoms with van der Waals surface area (Å²) in [5.41, 5.74) is 5.97. The van der Waals surface area contributed by atoms with E-state index >= 15 is 0 Å². The first-order valence-electron chi connectivity index (χ1n) is 7.28. The Balaban J connectivity index is 1.84. The van der Waals surface area contributed by atoms with E-state index in [1.807, 2.05) is 0 Å². The number of rotatable bonds is 5. The Kier molecular flexibility index (Phi) is 5.35. The molecule has 1 heterocycles. The maximum Gasteiger partial charge on any atom is 0.335 e. The van der Waals surface area contributed by atoms with E-state index in [1.165, 1.54) is 21.9 Å². The Morgan fingerprint density at radius 3 is 2.38 bits per heavy atom. The minimum Gasteiger partial charge on any atom is -0.478 e. The molecule has 9 nitrogen and oxygen atoms in total. The molecule has 1 fully saturated rings. The molecule has 4 N–H and O–H groups in total. The van der Waals surface area contributed by atoms with Crippen LogP contribution < -0.4 is 11.1 Å². The molecule has 0 aromatic heterocycles. The van der Waals surface area contributed by atoms with Crippen LogP contribution in [-0.4, -0.2) is 64.9 Å². The Labute approximate surface area is 138 Å². The van der Waals surface area contributed by atoms with Gasteiger partial charge in [-0.15, -0.1) is 0 Å². The monoisotopic (exact) mass is 334 g/mol. The Morgan fingerprint density at radius 2 is 1.83 bits per heavy atom. The fourth-order valence-corrected chi connectivity index (χ4v) is 2.29. The Bertz CT molecular complexity index is 658. The lowest BCUT2D eigenvalue weighted by atomic mass is 10.1. The van der Waals surface area contributed by atoms with Crippen LogP contribution in [0.25, 0.3) is 0 Å². The van der Waals surface area contributed by atoms with Gasteiger partial charge in [-0.05, 0) is 17.7 Å². The number of nitrogens with one attached hydrogen (secondary N) is 1. The van der Waals surface area contributed by atoms with Crippen LogP contribution in [0, 0.1) is 0 Å². The van der Waals surface area contributed by atoms with Crippen molar-refractivity contribution >= 4 is 23.8 Å². The van der Waals surface area contributed by atoms with Gasteiger partial charge in [0, 0.05) is 19.6 Å². The van der Waals surface area contributed by atoms with Crippen LogP contribution in [0.5, 0.6) is 0 Å². The molecule has 0 bridgehead atoms. The van der Waals surface area contributed by atoms with Gasteiger partial charge in [0.1, 0.15) is 6.54 Å². The molecular formula is C15H18N4O5. The summed E-state index contributed by atoms with van der Waals surface area (Å²) in [6.07, 6.45) is 0. The second kappa shape index (κ2) is 7.44. The normalized spacial score (nSPS) is 14.4. The molecule has 2 rings (SSSR count). The SMILES string of the molecule is NC(=O)CN1CCN(C(=O)NCc2ccc(C(=O)O)cc2)CC1=O. The molecular weight excluding hydrogens is 316 g/mol. The van der Waals surface area contributed by atoms with Gasteiger partial charge in [-0.2, -0.15) is 0 Å². The molecule has 128 valence electrons. The first kappa shape index (κ1) is 17.3. The number of piperazine rings is 1. The lowest BCUT2D eigenvalue weighted by molar-refractivity contribution is -0.138. The number of urea groups is 1. The number of aromatic carboxylic acids is 1. The quantitative estimate of drug-likeness (QED) is 0.650. The Hall–Kier alpha value is -3.10. The number of carboxylic acids is 1. The molecule has 0 spiro atoms. The molecule has 4 amide bonds. The standard InChI is InChI=1S/C15H18N4O5/c16-12(20)8-18-5-6-19(9-13(18)21)15(24)17-7-10-1-3-11(4-2-10)14(22)23/h1-4H,5-9H2,(H2,16,20)(H,17,24)(H,22,23). The summed E-state index contributed by atoms with van der Waals surface area (Å²) < 4.78 is 0. The third kappa shape index (κ3) is 4.45. The van der Waals surface area contributed by atoms with Gasteiger partial charge in [-0.3, -0.25) is 9.59 Å². The highest BCUT2D eigenvalue weighted by Gasteiger charge is 2.27. The zero-order valence-corrected chi connectivity index (χ0v) is 12.9. The van der Waals surface area contributed by atoms with Crippen LogP contribution >= 0.6 is 0 Å². The van der Waals surface area contributed by atoms with Crippen LogP contribution in [0.1, 0.15) is 15.9 Å². The number of amides is 4. The molecule has 0 saturated carbocycles. The van der Waals surface area contributed by atoms with Crippen molar-refractivity contribution in [1.29, 1.82) is 0 Å². The number of carbonyl (C=O) groups excluding carboxylic acids is 3. The van der Waals surface area contributed by atoms with Crippen molar-refractivity contribution in [3.8, 4) is 0 Å². The molecule has 0 unspecified atom stereocenters. The molecule has 1 aliphatic rings. The molecule has 1 aromatic carbocycles. The van der Waals surface area contributed by atoms with Gasteiger partial charge >= 0.3 is 12.0 Å². The number of nitrogens with two attached hydrogens (primary N) is 1. The van der Waals surface area contributed by atoms with Crippen LogP contribution in [-0.2, 0) is 16.1 Å². The van der Waals surface area contributed by atoms with Gasteiger partial charge in [0.25, 0.3) is 0 Å². The maximum atomic E-state index is 12.1. The molecule has 1 aliphatic heterocycles. The van der Waals surface area contributed by atoms with Gasteiger partial charge in [-0.25, -0.2) is 9.59 Å². The largest absolute Gasteiger partial charge is 0.478 e. The van der Waals surface area contributed by atoms with Crippen molar-refractivity contribution in [3.63, 3.8) is 0 Å². The summed E-state index contributed by atoms with van der Waals surface area (Å²) >= 11 is 0. The van der Waals surface area contributed by atoms with Gasteiger partial charge in [0.2, 0.25) is 11.8 Å². The molecule has 9 heteroatoms. The topological polar surface area (TPSA) is 133 Å². The van der Waals surface area contributed by atoms with Crippen molar-refractivity contribution < 1.29 is 24.3 Å². The number of hydrogen-bond donors (Lipinski definition) is 3. The van der Waals surface area contributed by atoms with Gasteiger partial charge in [0.15, 0.2) is 0 Å². The number of primary amides is 1. The van der Waals surface area contributed by atoms with Crippen molar-refractivity contribution in [3.05, 3.63) is 35.4 Å². The van der Waals surface area contributed by atoms with E-state index < -0.39 is 17.9 Å². The van der Waals surface area contributed by atoms with Crippen molar-refractivity contribution in [1.82, 2.24) is 15.1 Å². The summed E-state index contributed by atoms with van der Waals surface area (Å²) in [5, 5.41) is 11.5. The predicted octanol–water partition coefficient (Wildman–Crippen LogP) is -0.776. The summed E-state index contributed by atoms with van der Waals surface area (Å²) in [6, 6.07) is 5.73. The van der Waals surface area contributed by atoms with Crippen LogP contribution in [0.3, 0.4) is 0 Å². The number of carbonyl (C=O) groups is 4. The van der Waals surface area contributed by atoms with Gasteiger partial charge < -0.3 is 26.0 Å². The van der Waals surface area contributed by atoms with Crippen molar-refractivity contribution in [2.45, 2.75) is 6.54 Å². The second-order valence-electron chi connectivity index (χ2n) is 5.36. The molecule has 1 aromatic rings. The van der Waals surface area contributed by atoms with E-state index in [0.29, 0.717) is 6.54 Å². The second-order valence-corrected chi connectivity index (χ2v) is 5.36. The molecule has 24 heavy (non-hydrogen) atoms. The zero-order valence-electron chi connectivity index (χ0n) is 12.9. The fourth-order valence-electron chi connectivity index (χ4n) is 2.29. The zero-order chi connectivity index (χ0) is 17.7. The summed E-state index contributed by atoms with van der Waals surface area (Å²) in [7, 11) is 0. The smallest absolute Gasteiger partial charge is 0.335 e. The fraction of sp³-hybridized carbons (Fsp3) is 0.333. The van der Waals surface area contributed by atoms with E-state index in [0.717, 1.165) is 5.56 Å². The van der Waals surface area contributed by atoms with E-state index in [9.17, 15) is 19.2 Å². The number of benzene rings is 1. The highest BCUT2D eigenvalue weighted by atomic mass is 16.4. The molecule has 0 atom stereocenters. The average molecular weight is 334 g/mol. The van der Waals surface area contributed by atoms with E-state index in [2.05, 4.69) is 5.32 Å².